The minimum Gasteiger partial charge on any atom is -0.487 e. The average Bonchev–Trinajstić information content (AvgIpc) is 2.29. The summed E-state index contributed by atoms with van der Waals surface area (Å²) in [7, 11) is 1.17. The van der Waals surface area contributed by atoms with Gasteiger partial charge in [0, 0.05) is 11.1 Å². The molecule has 0 bridgehead atoms. The number of carbonyl (C=O) groups is 1. The molecule has 0 spiro atoms. The Morgan fingerprint density at radius 3 is 2.65 bits per heavy atom. The third kappa shape index (κ3) is 2.85. The van der Waals surface area contributed by atoms with Gasteiger partial charge >= 0.3 is 11.7 Å². The van der Waals surface area contributed by atoms with Crippen molar-refractivity contribution in [3.05, 3.63) is 32.8 Å². The van der Waals surface area contributed by atoms with Gasteiger partial charge < -0.3 is 9.47 Å². The Bertz CT molecular complexity index is 460. The summed E-state index contributed by atoms with van der Waals surface area (Å²) in [6.07, 6.45) is 0. The van der Waals surface area contributed by atoms with Crippen LogP contribution in [0.5, 0.6) is 5.75 Å². The van der Waals surface area contributed by atoms with Crippen LogP contribution in [0.4, 0.5) is 5.69 Å². The van der Waals surface area contributed by atoms with Crippen LogP contribution in [0.25, 0.3) is 0 Å². The minimum absolute atomic E-state index is 0.0615. The number of benzene rings is 1. The lowest BCUT2D eigenvalue weighted by Crippen LogP contribution is -2.08. The van der Waals surface area contributed by atoms with Crippen molar-refractivity contribution >= 4 is 23.3 Å². The first-order valence-electron chi connectivity index (χ1n) is 4.70. The number of nitro benzene ring substituents is 1. The number of rotatable bonds is 4. The van der Waals surface area contributed by atoms with Crippen molar-refractivity contribution in [2.75, 3.05) is 13.7 Å². The number of carbonyl (C=O) groups excluding carboxylic acids is 1. The Morgan fingerprint density at radius 2 is 2.18 bits per heavy atom. The Morgan fingerprint density at radius 1 is 1.53 bits per heavy atom. The molecule has 6 nitrogen and oxygen atoms in total. The minimum atomic E-state index is -0.737. The van der Waals surface area contributed by atoms with Crippen molar-refractivity contribution in [2.45, 2.75) is 6.92 Å². The zero-order chi connectivity index (χ0) is 13.0. The monoisotopic (exact) mass is 259 g/mol. The molecule has 0 heterocycles. The van der Waals surface area contributed by atoms with E-state index >= 15 is 0 Å². The molecule has 0 atom stereocenters. The van der Waals surface area contributed by atoms with Gasteiger partial charge in [-0.05, 0) is 13.0 Å². The first-order chi connectivity index (χ1) is 8.01. The molecular formula is C10H10ClNO5. The van der Waals surface area contributed by atoms with E-state index < -0.39 is 10.9 Å². The van der Waals surface area contributed by atoms with Crippen LogP contribution in [0, 0.1) is 10.1 Å². The second kappa shape index (κ2) is 5.49. The number of halogens is 1. The maximum absolute atomic E-state index is 11.5. The van der Waals surface area contributed by atoms with E-state index in [0.717, 1.165) is 6.07 Å². The molecule has 0 saturated carbocycles. The Kier molecular flexibility index (Phi) is 4.28. The van der Waals surface area contributed by atoms with E-state index in [1.54, 1.807) is 6.92 Å². The lowest BCUT2D eigenvalue weighted by molar-refractivity contribution is -0.385. The standard InChI is InChI=1S/C10H10ClNO5/c1-3-17-9-7(10(13)16-2)4-6(11)5-8(9)12(14)15/h4-5H,3H2,1-2H3. The zero-order valence-corrected chi connectivity index (χ0v) is 9.98. The first kappa shape index (κ1) is 13.2. The highest BCUT2D eigenvalue weighted by molar-refractivity contribution is 6.31. The molecule has 0 unspecified atom stereocenters. The molecule has 0 saturated heterocycles. The SMILES string of the molecule is CCOc1c(C(=O)OC)cc(Cl)cc1[N+](=O)[O-]. The third-order valence-electron chi connectivity index (χ3n) is 1.92. The van der Waals surface area contributed by atoms with Crippen molar-refractivity contribution in [1.29, 1.82) is 0 Å². The number of nitrogens with zero attached hydrogens (tertiary/aromatic N) is 1. The molecule has 0 aromatic heterocycles. The van der Waals surface area contributed by atoms with Gasteiger partial charge in [0.25, 0.3) is 0 Å². The van der Waals surface area contributed by atoms with E-state index in [-0.39, 0.29) is 28.6 Å². The number of ether oxygens (including phenoxy) is 2. The molecule has 1 aromatic carbocycles. The summed E-state index contributed by atoms with van der Waals surface area (Å²) in [5.41, 5.74) is -0.423. The van der Waals surface area contributed by atoms with Crippen LogP contribution in [0.15, 0.2) is 12.1 Å². The third-order valence-corrected chi connectivity index (χ3v) is 2.14. The summed E-state index contributed by atoms with van der Waals surface area (Å²) in [6.45, 7) is 1.84. The maximum Gasteiger partial charge on any atom is 0.341 e. The van der Waals surface area contributed by atoms with E-state index in [4.69, 9.17) is 16.3 Å². The molecule has 7 heteroatoms. The van der Waals surface area contributed by atoms with Gasteiger partial charge in [-0.25, -0.2) is 4.79 Å². The van der Waals surface area contributed by atoms with E-state index in [0.29, 0.717) is 0 Å². The molecule has 0 fully saturated rings. The van der Waals surface area contributed by atoms with Crippen LogP contribution in [0.2, 0.25) is 5.02 Å². The fourth-order valence-corrected chi connectivity index (χ4v) is 1.48. The molecule has 17 heavy (non-hydrogen) atoms. The molecule has 0 aliphatic rings. The maximum atomic E-state index is 11.5. The molecule has 0 radical (unpaired) electrons. The van der Waals surface area contributed by atoms with E-state index in [2.05, 4.69) is 4.74 Å². The second-order valence-corrected chi connectivity index (χ2v) is 3.42. The molecule has 1 aromatic rings. The van der Waals surface area contributed by atoms with E-state index in [1.165, 1.54) is 13.2 Å². The predicted molar refractivity (Wildman–Crippen MR) is 60.6 cm³/mol. The van der Waals surface area contributed by atoms with Crippen LogP contribution in [-0.4, -0.2) is 24.6 Å². The highest BCUT2D eigenvalue weighted by Gasteiger charge is 2.25. The number of hydrogen-bond donors (Lipinski definition) is 0. The number of nitro groups is 1. The zero-order valence-electron chi connectivity index (χ0n) is 9.23. The van der Waals surface area contributed by atoms with Gasteiger partial charge in [-0.1, -0.05) is 11.6 Å². The fraction of sp³-hybridized carbons (Fsp3) is 0.300. The summed E-state index contributed by atoms with van der Waals surface area (Å²) in [4.78, 5) is 21.6. The lowest BCUT2D eigenvalue weighted by Gasteiger charge is -2.09. The smallest absolute Gasteiger partial charge is 0.341 e. The quantitative estimate of drug-likeness (QED) is 0.471. The average molecular weight is 260 g/mol. The molecule has 0 aliphatic carbocycles. The molecule has 0 amide bonds. The van der Waals surface area contributed by atoms with Gasteiger partial charge in [-0.3, -0.25) is 10.1 Å². The van der Waals surface area contributed by atoms with E-state index in [1.807, 2.05) is 0 Å². The van der Waals surface area contributed by atoms with Gasteiger partial charge in [-0.15, -0.1) is 0 Å². The summed E-state index contributed by atoms with van der Waals surface area (Å²) in [5, 5.41) is 10.9. The summed E-state index contributed by atoms with van der Waals surface area (Å²) in [6, 6.07) is 2.39. The van der Waals surface area contributed by atoms with Crippen LogP contribution in [0.3, 0.4) is 0 Å². The highest BCUT2D eigenvalue weighted by atomic mass is 35.5. The Hall–Kier alpha value is -1.82. The summed E-state index contributed by atoms with van der Waals surface area (Å²) < 4.78 is 9.62. The lowest BCUT2D eigenvalue weighted by atomic mass is 10.1. The van der Waals surface area contributed by atoms with Gasteiger partial charge in [0.1, 0.15) is 5.56 Å². The van der Waals surface area contributed by atoms with Gasteiger partial charge in [0.15, 0.2) is 0 Å². The van der Waals surface area contributed by atoms with Crippen molar-refractivity contribution in [2.24, 2.45) is 0 Å². The molecule has 0 aliphatic heterocycles. The van der Waals surface area contributed by atoms with Crippen molar-refractivity contribution in [1.82, 2.24) is 0 Å². The predicted octanol–water partition coefficient (Wildman–Crippen LogP) is 2.43. The fourth-order valence-electron chi connectivity index (χ4n) is 1.27. The normalized spacial score (nSPS) is 9.82. The first-order valence-corrected chi connectivity index (χ1v) is 5.08. The van der Waals surface area contributed by atoms with Gasteiger partial charge in [0.05, 0.1) is 18.6 Å². The summed E-state index contributed by atoms with van der Waals surface area (Å²) in [5.74, 6) is -0.868. The van der Waals surface area contributed by atoms with Crippen molar-refractivity contribution < 1.29 is 19.2 Å². The van der Waals surface area contributed by atoms with Gasteiger partial charge in [0.2, 0.25) is 5.75 Å². The van der Waals surface area contributed by atoms with Crippen LogP contribution in [0.1, 0.15) is 17.3 Å². The van der Waals surface area contributed by atoms with Crippen LogP contribution >= 0.6 is 11.6 Å². The second-order valence-electron chi connectivity index (χ2n) is 2.98. The van der Waals surface area contributed by atoms with Crippen LogP contribution < -0.4 is 4.74 Å². The number of esters is 1. The molecular weight excluding hydrogens is 250 g/mol. The number of methoxy groups -OCH3 is 1. The van der Waals surface area contributed by atoms with Crippen LogP contribution in [-0.2, 0) is 4.74 Å². The van der Waals surface area contributed by atoms with Gasteiger partial charge in [-0.2, -0.15) is 0 Å². The molecule has 92 valence electrons. The van der Waals surface area contributed by atoms with Crippen molar-refractivity contribution in [3.8, 4) is 5.75 Å². The topological polar surface area (TPSA) is 78.7 Å². The van der Waals surface area contributed by atoms with Crippen molar-refractivity contribution in [3.63, 3.8) is 0 Å². The molecule has 1 rings (SSSR count). The Labute approximate surface area is 102 Å². The molecule has 0 N–H and O–H groups in total. The highest BCUT2D eigenvalue weighted by Crippen LogP contribution is 2.34. The summed E-state index contributed by atoms with van der Waals surface area (Å²) >= 11 is 5.70. The number of hydrogen-bond acceptors (Lipinski definition) is 5. The largest absolute Gasteiger partial charge is 0.487 e. The van der Waals surface area contributed by atoms with E-state index in [9.17, 15) is 14.9 Å². The Balaban J connectivity index is 3.45.